The van der Waals surface area contributed by atoms with E-state index in [-0.39, 0.29) is 12.5 Å². The number of benzene rings is 2. The minimum atomic E-state index is -0.966. The van der Waals surface area contributed by atoms with Crippen LogP contribution >= 0.6 is 0 Å². The normalized spacial score (nSPS) is 11.4. The van der Waals surface area contributed by atoms with E-state index in [9.17, 15) is 19.5 Å². The molecule has 0 bridgehead atoms. The third kappa shape index (κ3) is 6.26. The molecular weight excluding hydrogens is 344 g/mol. The summed E-state index contributed by atoms with van der Waals surface area (Å²) in [6.07, 6.45) is 1.15. The molecule has 1 atom stereocenters. The van der Waals surface area contributed by atoms with Crippen molar-refractivity contribution < 1.29 is 19.5 Å². The summed E-state index contributed by atoms with van der Waals surface area (Å²) in [7, 11) is 0. The Morgan fingerprint density at radius 1 is 0.926 bits per heavy atom. The van der Waals surface area contributed by atoms with Crippen molar-refractivity contribution in [2.75, 3.05) is 13.1 Å². The molecular formula is C21H24N2O4. The third-order valence-electron chi connectivity index (χ3n) is 4.11. The average molecular weight is 368 g/mol. The second-order valence-corrected chi connectivity index (χ2v) is 6.27. The topological polar surface area (TPSA) is 95.5 Å². The first kappa shape index (κ1) is 20.2. The van der Waals surface area contributed by atoms with Crippen molar-refractivity contribution in [3.63, 3.8) is 0 Å². The molecule has 0 fully saturated rings. The van der Waals surface area contributed by atoms with Crippen LogP contribution < -0.4 is 10.6 Å². The van der Waals surface area contributed by atoms with Gasteiger partial charge in [0, 0.05) is 24.2 Å². The Bertz CT molecular complexity index is 790. The van der Waals surface area contributed by atoms with Crippen LogP contribution in [-0.2, 0) is 11.2 Å². The second-order valence-electron chi connectivity index (χ2n) is 6.27. The lowest BCUT2D eigenvalue weighted by Gasteiger charge is -2.14. The van der Waals surface area contributed by atoms with E-state index in [0.717, 1.165) is 12.0 Å². The lowest BCUT2D eigenvalue weighted by molar-refractivity contribution is -0.141. The number of hydrogen-bond donors (Lipinski definition) is 3. The lowest BCUT2D eigenvalue weighted by Crippen LogP contribution is -2.34. The highest BCUT2D eigenvalue weighted by Gasteiger charge is 2.19. The van der Waals surface area contributed by atoms with Crippen LogP contribution in [0.5, 0.6) is 0 Å². The molecule has 0 aliphatic carbocycles. The highest BCUT2D eigenvalue weighted by atomic mass is 16.4. The number of aliphatic carboxylic acids is 1. The fourth-order valence-corrected chi connectivity index (χ4v) is 2.61. The number of carbonyl (C=O) groups excluding carboxylic acids is 2. The van der Waals surface area contributed by atoms with Crippen LogP contribution in [0.1, 0.15) is 39.6 Å². The summed E-state index contributed by atoms with van der Waals surface area (Å²) in [5.74, 6) is -2.34. The van der Waals surface area contributed by atoms with Gasteiger partial charge in [-0.15, -0.1) is 0 Å². The molecule has 3 N–H and O–H groups in total. The molecule has 142 valence electrons. The van der Waals surface area contributed by atoms with Gasteiger partial charge in [-0.3, -0.25) is 14.4 Å². The minimum Gasteiger partial charge on any atom is -0.481 e. The van der Waals surface area contributed by atoms with Crippen LogP contribution in [0.15, 0.2) is 54.6 Å². The molecule has 0 aliphatic rings. The Morgan fingerprint density at radius 3 is 2.15 bits per heavy atom. The van der Waals surface area contributed by atoms with Crippen molar-refractivity contribution in [1.82, 2.24) is 10.6 Å². The maximum Gasteiger partial charge on any atom is 0.308 e. The van der Waals surface area contributed by atoms with E-state index < -0.39 is 17.8 Å². The zero-order chi connectivity index (χ0) is 19.6. The monoisotopic (exact) mass is 368 g/mol. The van der Waals surface area contributed by atoms with Crippen molar-refractivity contribution in [3.05, 3.63) is 71.3 Å². The maximum absolute atomic E-state index is 12.4. The SMILES string of the molecule is CCCNC(=O)c1cccc(C(=O)NCC(Cc2ccccc2)C(=O)O)c1. The first-order valence-electron chi connectivity index (χ1n) is 8.94. The molecule has 0 saturated heterocycles. The van der Waals surface area contributed by atoms with Gasteiger partial charge in [0.2, 0.25) is 0 Å². The fourth-order valence-electron chi connectivity index (χ4n) is 2.61. The molecule has 2 aromatic rings. The number of carbonyl (C=O) groups is 3. The van der Waals surface area contributed by atoms with Crippen LogP contribution in [0.3, 0.4) is 0 Å². The van der Waals surface area contributed by atoms with Crippen LogP contribution in [-0.4, -0.2) is 36.0 Å². The summed E-state index contributed by atoms with van der Waals surface area (Å²) in [5, 5.41) is 14.8. The number of carboxylic acid groups (broad SMARTS) is 1. The van der Waals surface area contributed by atoms with Gasteiger partial charge in [-0.1, -0.05) is 43.3 Å². The highest BCUT2D eigenvalue weighted by Crippen LogP contribution is 2.10. The number of nitrogens with one attached hydrogen (secondary N) is 2. The predicted molar refractivity (Wildman–Crippen MR) is 103 cm³/mol. The van der Waals surface area contributed by atoms with E-state index in [2.05, 4.69) is 10.6 Å². The zero-order valence-electron chi connectivity index (χ0n) is 15.3. The van der Waals surface area contributed by atoms with Gasteiger partial charge in [-0.05, 0) is 36.6 Å². The first-order valence-corrected chi connectivity index (χ1v) is 8.94. The molecule has 0 spiro atoms. The zero-order valence-corrected chi connectivity index (χ0v) is 15.3. The van der Waals surface area contributed by atoms with Crippen LogP contribution in [0, 0.1) is 5.92 Å². The van der Waals surface area contributed by atoms with Gasteiger partial charge < -0.3 is 15.7 Å². The summed E-state index contributed by atoms with van der Waals surface area (Å²) < 4.78 is 0. The largest absolute Gasteiger partial charge is 0.481 e. The summed E-state index contributed by atoms with van der Waals surface area (Å²) in [5.41, 5.74) is 1.62. The van der Waals surface area contributed by atoms with Gasteiger partial charge in [0.05, 0.1) is 5.92 Å². The molecule has 0 aromatic heterocycles. The van der Waals surface area contributed by atoms with Gasteiger partial charge >= 0.3 is 5.97 Å². The Kier molecular flexibility index (Phi) is 7.55. The first-order chi connectivity index (χ1) is 13.0. The van der Waals surface area contributed by atoms with Gasteiger partial charge in [-0.2, -0.15) is 0 Å². The van der Waals surface area contributed by atoms with E-state index in [0.29, 0.717) is 24.1 Å². The van der Waals surface area contributed by atoms with E-state index in [4.69, 9.17) is 0 Å². The van der Waals surface area contributed by atoms with Crippen molar-refractivity contribution in [2.24, 2.45) is 5.92 Å². The standard InChI is InChI=1S/C21H24N2O4/c1-2-11-22-19(24)16-9-6-10-17(13-16)20(25)23-14-18(21(26)27)12-15-7-4-3-5-8-15/h3-10,13,18H,2,11-12,14H2,1H3,(H,22,24)(H,23,25)(H,26,27). The molecule has 0 radical (unpaired) electrons. The molecule has 2 aromatic carbocycles. The molecule has 27 heavy (non-hydrogen) atoms. The molecule has 2 amide bonds. The van der Waals surface area contributed by atoms with Crippen molar-refractivity contribution in [3.8, 4) is 0 Å². The number of rotatable bonds is 9. The molecule has 0 aliphatic heterocycles. The maximum atomic E-state index is 12.4. The van der Waals surface area contributed by atoms with Crippen molar-refractivity contribution in [1.29, 1.82) is 0 Å². The summed E-state index contributed by atoms with van der Waals surface area (Å²) >= 11 is 0. The molecule has 2 rings (SSSR count). The van der Waals surface area contributed by atoms with Gasteiger partial charge in [0.15, 0.2) is 0 Å². The molecule has 1 unspecified atom stereocenters. The van der Waals surface area contributed by atoms with Crippen LogP contribution in [0.4, 0.5) is 0 Å². The highest BCUT2D eigenvalue weighted by molar-refractivity contribution is 5.99. The Morgan fingerprint density at radius 2 is 1.56 bits per heavy atom. The average Bonchev–Trinajstić information content (AvgIpc) is 2.69. The van der Waals surface area contributed by atoms with Gasteiger partial charge in [0.1, 0.15) is 0 Å². The van der Waals surface area contributed by atoms with E-state index in [1.54, 1.807) is 18.2 Å². The Labute approximate surface area is 158 Å². The fraction of sp³-hybridized carbons (Fsp3) is 0.286. The van der Waals surface area contributed by atoms with Crippen molar-refractivity contribution in [2.45, 2.75) is 19.8 Å². The van der Waals surface area contributed by atoms with E-state index >= 15 is 0 Å². The third-order valence-corrected chi connectivity index (χ3v) is 4.11. The molecule has 6 nitrogen and oxygen atoms in total. The summed E-state index contributed by atoms with van der Waals surface area (Å²) in [4.78, 5) is 35.9. The van der Waals surface area contributed by atoms with Gasteiger partial charge in [-0.25, -0.2) is 0 Å². The Balaban J connectivity index is 1.99. The lowest BCUT2D eigenvalue weighted by atomic mass is 9.99. The van der Waals surface area contributed by atoms with Crippen LogP contribution in [0.25, 0.3) is 0 Å². The van der Waals surface area contributed by atoms with Gasteiger partial charge in [0.25, 0.3) is 11.8 Å². The molecule has 0 saturated carbocycles. The molecule has 6 heteroatoms. The number of carboxylic acids is 1. The smallest absolute Gasteiger partial charge is 0.308 e. The van der Waals surface area contributed by atoms with E-state index in [1.807, 2.05) is 37.3 Å². The summed E-state index contributed by atoms with van der Waals surface area (Å²) in [6, 6.07) is 15.7. The summed E-state index contributed by atoms with van der Waals surface area (Å²) in [6.45, 7) is 2.53. The van der Waals surface area contributed by atoms with Crippen LogP contribution in [0.2, 0.25) is 0 Å². The Hall–Kier alpha value is -3.15. The number of amides is 2. The quantitative estimate of drug-likeness (QED) is 0.634. The second kappa shape index (κ2) is 10.1. The van der Waals surface area contributed by atoms with Crippen molar-refractivity contribution >= 4 is 17.8 Å². The van der Waals surface area contributed by atoms with E-state index in [1.165, 1.54) is 6.07 Å². The predicted octanol–water partition coefficient (Wildman–Crippen LogP) is 2.50. The number of hydrogen-bond acceptors (Lipinski definition) is 3. The molecule has 0 heterocycles. The minimum absolute atomic E-state index is 0.00925.